The summed E-state index contributed by atoms with van der Waals surface area (Å²) in [6, 6.07) is 13.8. The van der Waals surface area contributed by atoms with Gasteiger partial charge in [0.2, 0.25) is 0 Å². The molecule has 190 valence electrons. The number of rotatable bonds is 8. The van der Waals surface area contributed by atoms with Crippen LogP contribution in [0.4, 0.5) is 0 Å². The van der Waals surface area contributed by atoms with E-state index in [2.05, 4.69) is 4.90 Å². The molecule has 2 aromatic carbocycles. The fraction of sp³-hybridized carbons (Fsp3) is 0.538. The lowest BCUT2D eigenvalue weighted by Crippen LogP contribution is -2.60. The fourth-order valence-corrected chi connectivity index (χ4v) is 5.05. The van der Waals surface area contributed by atoms with Crippen LogP contribution < -0.4 is 4.74 Å². The highest BCUT2D eigenvalue weighted by Crippen LogP contribution is 2.34. The number of nitrogens with zero attached hydrogens (tertiary/aromatic N) is 1. The van der Waals surface area contributed by atoms with Gasteiger partial charge in [-0.2, -0.15) is 0 Å². The topological polar surface area (TPSA) is 112 Å². The van der Waals surface area contributed by atoms with E-state index in [0.29, 0.717) is 35.6 Å². The molecule has 5 rings (SSSR count). The van der Waals surface area contributed by atoms with Gasteiger partial charge in [0.15, 0.2) is 0 Å². The molecule has 0 amide bonds. The molecule has 5 atom stereocenters. The predicted molar refractivity (Wildman–Crippen MR) is 129 cm³/mol. The molecule has 0 bridgehead atoms. The molecule has 9 heteroatoms. The first-order valence-electron chi connectivity index (χ1n) is 12.1. The summed E-state index contributed by atoms with van der Waals surface area (Å²) in [6.45, 7) is 4.07. The number of benzene rings is 2. The molecule has 8 nitrogen and oxygen atoms in total. The first kappa shape index (κ1) is 24.9. The van der Waals surface area contributed by atoms with E-state index in [0.717, 1.165) is 43.2 Å². The number of ether oxygens (including phenoxy) is 3. The first-order chi connectivity index (χ1) is 16.9. The van der Waals surface area contributed by atoms with Crippen LogP contribution in [0, 0.1) is 5.92 Å². The molecule has 0 aliphatic carbocycles. The summed E-state index contributed by atoms with van der Waals surface area (Å²) in [6.07, 6.45) is -5.43. The van der Waals surface area contributed by atoms with Crippen molar-refractivity contribution in [1.82, 2.24) is 4.90 Å². The Hall–Kier alpha value is -1.75. The van der Waals surface area contributed by atoms with Crippen molar-refractivity contribution >= 4 is 11.6 Å². The standard InChI is InChI=1S/C26H32ClNO7/c27-21-6-3-17(26-25(32)24(31)23(30)22(11-29)35-26)8-18(21)7-15-1-4-20(5-2-15)34-12-16-9-28(10-16)19-13-33-14-19/h1-6,8,16,19,22-26,29-32H,7,9-14H2/t22?,23-,24?,25-,26?/m1/s1. The van der Waals surface area contributed by atoms with Crippen molar-refractivity contribution in [3.8, 4) is 5.75 Å². The second kappa shape index (κ2) is 10.7. The van der Waals surface area contributed by atoms with Crippen molar-refractivity contribution in [2.45, 2.75) is 43.0 Å². The lowest BCUT2D eigenvalue weighted by molar-refractivity contribution is -0.231. The lowest BCUT2D eigenvalue weighted by Gasteiger charge is -2.47. The van der Waals surface area contributed by atoms with Crippen LogP contribution in [0.3, 0.4) is 0 Å². The van der Waals surface area contributed by atoms with Gasteiger partial charge in [-0.25, -0.2) is 0 Å². The Labute approximate surface area is 209 Å². The third-order valence-corrected chi connectivity index (χ3v) is 7.59. The SMILES string of the molecule is OCC1OC(c2ccc(Cl)c(Cc3ccc(OCC4CN(C5COC5)C4)cc3)c2)[C@H](O)C(O)[C@@H]1O. The summed E-state index contributed by atoms with van der Waals surface area (Å²) < 4.78 is 16.9. The number of hydrogen-bond acceptors (Lipinski definition) is 8. The van der Waals surface area contributed by atoms with Crippen LogP contribution in [0.1, 0.15) is 22.8 Å². The summed E-state index contributed by atoms with van der Waals surface area (Å²) in [7, 11) is 0. The van der Waals surface area contributed by atoms with E-state index in [1.165, 1.54) is 0 Å². The minimum Gasteiger partial charge on any atom is -0.493 e. The molecule has 0 saturated carbocycles. The van der Waals surface area contributed by atoms with Gasteiger partial charge in [-0.3, -0.25) is 4.90 Å². The number of aliphatic hydroxyl groups is 4. The number of likely N-dealkylation sites (tertiary alicyclic amines) is 1. The Kier molecular flexibility index (Phi) is 7.62. The maximum Gasteiger partial charge on any atom is 0.119 e. The molecule has 3 saturated heterocycles. The zero-order valence-corrected chi connectivity index (χ0v) is 20.1. The molecule has 3 aliphatic rings. The highest BCUT2D eigenvalue weighted by atomic mass is 35.5. The molecule has 0 radical (unpaired) electrons. The third kappa shape index (κ3) is 5.35. The minimum absolute atomic E-state index is 0.467. The van der Waals surface area contributed by atoms with E-state index in [-0.39, 0.29) is 0 Å². The molecule has 2 aromatic rings. The van der Waals surface area contributed by atoms with Gasteiger partial charge in [0, 0.05) is 24.0 Å². The molecular weight excluding hydrogens is 474 g/mol. The Bertz CT molecular complexity index is 994. The second-order valence-electron chi connectivity index (χ2n) is 9.74. The lowest BCUT2D eigenvalue weighted by atomic mass is 9.90. The van der Waals surface area contributed by atoms with Crippen LogP contribution in [-0.4, -0.2) is 95.3 Å². The van der Waals surface area contributed by atoms with Gasteiger partial charge in [-0.05, 0) is 41.3 Å². The van der Waals surface area contributed by atoms with Gasteiger partial charge in [0.25, 0.3) is 0 Å². The molecule has 35 heavy (non-hydrogen) atoms. The minimum atomic E-state index is -1.42. The van der Waals surface area contributed by atoms with E-state index >= 15 is 0 Å². The first-order valence-corrected chi connectivity index (χ1v) is 12.4. The number of aliphatic hydroxyl groups excluding tert-OH is 4. The highest BCUT2D eigenvalue weighted by Gasteiger charge is 2.44. The van der Waals surface area contributed by atoms with Crippen LogP contribution in [-0.2, 0) is 15.9 Å². The third-order valence-electron chi connectivity index (χ3n) is 7.22. The highest BCUT2D eigenvalue weighted by molar-refractivity contribution is 6.31. The monoisotopic (exact) mass is 505 g/mol. The average Bonchev–Trinajstić information content (AvgIpc) is 2.80. The maximum absolute atomic E-state index is 10.5. The maximum atomic E-state index is 10.5. The van der Waals surface area contributed by atoms with Gasteiger partial charge in [-0.15, -0.1) is 0 Å². The normalized spacial score (nSPS) is 30.0. The smallest absolute Gasteiger partial charge is 0.119 e. The van der Waals surface area contributed by atoms with Crippen molar-refractivity contribution in [2.75, 3.05) is 39.5 Å². The second-order valence-corrected chi connectivity index (χ2v) is 10.2. The van der Waals surface area contributed by atoms with Crippen molar-refractivity contribution in [3.05, 3.63) is 64.2 Å². The van der Waals surface area contributed by atoms with Gasteiger partial charge in [0.1, 0.15) is 36.3 Å². The molecule has 3 unspecified atom stereocenters. The van der Waals surface area contributed by atoms with Gasteiger partial charge >= 0.3 is 0 Å². The van der Waals surface area contributed by atoms with E-state index < -0.39 is 37.1 Å². The average molecular weight is 506 g/mol. The predicted octanol–water partition coefficient (Wildman–Crippen LogP) is 1.16. The Balaban J connectivity index is 1.19. The number of halogens is 1. The molecule has 3 heterocycles. The molecule has 3 fully saturated rings. The Morgan fingerprint density at radius 2 is 1.71 bits per heavy atom. The van der Waals surface area contributed by atoms with Crippen LogP contribution in [0.5, 0.6) is 5.75 Å². The zero-order chi connectivity index (χ0) is 24.5. The summed E-state index contributed by atoms with van der Waals surface area (Å²) in [5, 5.41) is 40.7. The quantitative estimate of drug-likeness (QED) is 0.423. The largest absolute Gasteiger partial charge is 0.493 e. The van der Waals surface area contributed by atoms with Crippen LogP contribution in [0.2, 0.25) is 5.02 Å². The summed E-state index contributed by atoms with van der Waals surface area (Å²) >= 11 is 6.45. The van der Waals surface area contributed by atoms with E-state index in [1.807, 2.05) is 30.3 Å². The van der Waals surface area contributed by atoms with E-state index in [4.69, 9.17) is 25.8 Å². The molecular formula is C26H32ClNO7. The van der Waals surface area contributed by atoms with E-state index in [9.17, 15) is 20.4 Å². The van der Waals surface area contributed by atoms with Crippen LogP contribution in [0.15, 0.2) is 42.5 Å². The summed E-state index contributed by atoms with van der Waals surface area (Å²) in [5.74, 6) is 1.39. The summed E-state index contributed by atoms with van der Waals surface area (Å²) in [4.78, 5) is 2.45. The van der Waals surface area contributed by atoms with Crippen molar-refractivity contribution in [2.24, 2.45) is 5.92 Å². The number of hydrogen-bond donors (Lipinski definition) is 4. The fourth-order valence-electron chi connectivity index (χ4n) is 4.87. The zero-order valence-electron chi connectivity index (χ0n) is 19.4. The van der Waals surface area contributed by atoms with E-state index in [1.54, 1.807) is 12.1 Å². The van der Waals surface area contributed by atoms with Crippen LogP contribution >= 0.6 is 11.6 Å². The van der Waals surface area contributed by atoms with Crippen molar-refractivity contribution < 1.29 is 34.6 Å². The Morgan fingerprint density at radius 1 is 0.971 bits per heavy atom. The molecule has 0 spiro atoms. The van der Waals surface area contributed by atoms with Crippen molar-refractivity contribution in [1.29, 1.82) is 0 Å². The Morgan fingerprint density at radius 3 is 2.37 bits per heavy atom. The summed E-state index contributed by atoms with van der Waals surface area (Å²) in [5.41, 5.74) is 2.50. The van der Waals surface area contributed by atoms with Crippen molar-refractivity contribution in [3.63, 3.8) is 0 Å². The van der Waals surface area contributed by atoms with Crippen LogP contribution in [0.25, 0.3) is 0 Å². The van der Waals surface area contributed by atoms with Gasteiger partial charge in [0.05, 0.1) is 32.5 Å². The van der Waals surface area contributed by atoms with Gasteiger partial charge in [-0.1, -0.05) is 35.9 Å². The molecule has 0 aromatic heterocycles. The molecule has 3 aliphatic heterocycles. The van der Waals surface area contributed by atoms with Gasteiger partial charge < -0.3 is 34.6 Å². The molecule has 4 N–H and O–H groups in total.